The number of hydrogen-bond donors (Lipinski definition) is 0. The Morgan fingerprint density at radius 2 is 1.76 bits per heavy atom. The van der Waals surface area contributed by atoms with Crippen LogP contribution in [-0.2, 0) is 16.1 Å². The largest absolute Gasteiger partial charge is 0.378 e. The van der Waals surface area contributed by atoms with Gasteiger partial charge in [-0.3, -0.25) is 4.79 Å². The third-order valence-corrected chi connectivity index (χ3v) is 5.98. The van der Waals surface area contributed by atoms with Gasteiger partial charge in [0.05, 0.1) is 24.6 Å². The summed E-state index contributed by atoms with van der Waals surface area (Å²) in [6, 6.07) is 14.2. The van der Waals surface area contributed by atoms with E-state index >= 15 is 0 Å². The number of rotatable bonds is 6. The van der Waals surface area contributed by atoms with Crippen LogP contribution in [0.15, 0.2) is 54.6 Å². The Morgan fingerprint density at radius 3 is 2.42 bits per heavy atom. The average molecular weight is 469 g/mol. The van der Waals surface area contributed by atoms with Crippen molar-refractivity contribution < 1.29 is 13.9 Å². The first-order chi connectivity index (χ1) is 15.9. The zero-order valence-electron chi connectivity index (χ0n) is 18.7. The maximum atomic E-state index is 13.2. The standard InChI is InChI=1S/C25H26ClFN4O2/c1-18-23(25(26)31(28-18)22-9-5-20(27)6-10-22)11-12-24(32)29(2)17-19-3-7-21(8-4-19)30-13-15-33-16-14-30/h3-12H,13-17H2,1-2H3/b12-11+. The predicted octanol–water partition coefficient (Wildman–Crippen LogP) is 4.48. The van der Waals surface area contributed by atoms with Gasteiger partial charge in [0.2, 0.25) is 5.91 Å². The molecule has 0 saturated carbocycles. The first kappa shape index (κ1) is 23.0. The van der Waals surface area contributed by atoms with Gasteiger partial charge in [-0.15, -0.1) is 0 Å². The van der Waals surface area contributed by atoms with Crippen LogP contribution in [0.5, 0.6) is 0 Å². The smallest absolute Gasteiger partial charge is 0.246 e. The number of morpholine rings is 1. The summed E-state index contributed by atoms with van der Waals surface area (Å²) in [6.45, 7) is 5.59. The quantitative estimate of drug-likeness (QED) is 0.500. The predicted molar refractivity (Wildman–Crippen MR) is 128 cm³/mol. The monoisotopic (exact) mass is 468 g/mol. The maximum Gasteiger partial charge on any atom is 0.246 e. The van der Waals surface area contributed by atoms with E-state index in [-0.39, 0.29) is 11.7 Å². The molecule has 1 aromatic heterocycles. The summed E-state index contributed by atoms with van der Waals surface area (Å²) in [6.07, 6.45) is 3.16. The summed E-state index contributed by atoms with van der Waals surface area (Å²) in [4.78, 5) is 16.6. The molecule has 33 heavy (non-hydrogen) atoms. The van der Waals surface area contributed by atoms with Gasteiger partial charge in [0.15, 0.2) is 0 Å². The third kappa shape index (κ3) is 5.43. The Labute approximate surface area is 197 Å². The number of ether oxygens (including phenoxy) is 1. The van der Waals surface area contributed by atoms with Crippen molar-refractivity contribution in [2.75, 3.05) is 38.3 Å². The number of hydrogen-bond acceptors (Lipinski definition) is 4. The van der Waals surface area contributed by atoms with Gasteiger partial charge in [-0.25, -0.2) is 9.07 Å². The van der Waals surface area contributed by atoms with Crippen LogP contribution in [0.4, 0.5) is 10.1 Å². The molecular weight excluding hydrogens is 443 g/mol. The van der Waals surface area contributed by atoms with Crippen molar-refractivity contribution in [1.29, 1.82) is 0 Å². The van der Waals surface area contributed by atoms with E-state index in [0.717, 1.165) is 31.9 Å². The molecular formula is C25H26ClFN4O2. The number of aromatic nitrogens is 2. The van der Waals surface area contributed by atoms with Gasteiger partial charge in [-0.05, 0) is 55.0 Å². The van der Waals surface area contributed by atoms with Crippen molar-refractivity contribution in [2.45, 2.75) is 13.5 Å². The van der Waals surface area contributed by atoms with Crippen LogP contribution in [0, 0.1) is 12.7 Å². The Balaban J connectivity index is 1.40. The molecule has 0 spiro atoms. The highest BCUT2D eigenvalue weighted by Gasteiger charge is 2.15. The highest BCUT2D eigenvalue weighted by atomic mass is 35.5. The lowest BCUT2D eigenvalue weighted by Gasteiger charge is -2.29. The van der Waals surface area contributed by atoms with Crippen molar-refractivity contribution in [3.63, 3.8) is 0 Å². The fourth-order valence-corrected chi connectivity index (χ4v) is 4.06. The van der Waals surface area contributed by atoms with Crippen LogP contribution < -0.4 is 4.90 Å². The van der Waals surface area contributed by atoms with Crippen LogP contribution in [0.25, 0.3) is 11.8 Å². The van der Waals surface area contributed by atoms with E-state index < -0.39 is 0 Å². The van der Waals surface area contributed by atoms with Crippen molar-refractivity contribution in [2.24, 2.45) is 0 Å². The maximum absolute atomic E-state index is 13.2. The fraction of sp³-hybridized carbons (Fsp3) is 0.280. The van der Waals surface area contributed by atoms with E-state index in [1.54, 1.807) is 30.2 Å². The first-order valence-electron chi connectivity index (χ1n) is 10.8. The molecule has 4 rings (SSSR count). The molecule has 1 amide bonds. The third-order valence-electron chi connectivity index (χ3n) is 5.62. The van der Waals surface area contributed by atoms with Gasteiger partial charge in [0.25, 0.3) is 0 Å². The first-order valence-corrected chi connectivity index (χ1v) is 11.2. The summed E-state index contributed by atoms with van der Waals surface area (Å²) in [5.41, 5.74) is 4.19. The van der Waals surface area contributed by atoms with Crippen molar-refractivity contribution in [3.8, 4) is 5.69 Å². The second-order valence-electron chi connectivity index (χ2n) is 7.97. The van der Waals surface area contributed by atoms with E-state index in [9.17, 15) is 9.18 Å². The van der Waals surface area contributed by atoms with E-state index in [1.807, 2.05) is 19.1 Å². The summed E-state index contributed by atoms with van der Waals surface area (Å²) in [5, 5.41) is 4.79. The molecule has 3 aromatic rings. The van der Waals surface area contributed by atoms with Crippen LogP contribution in [0.3, 0.4) is 0 Å². The van der Waals surface area contributed by atoms with Crippen LogP contribution >= 0.6 is 11.6 Å². The Kier molecular flexibility index (Phi) is 7.11. The molecule has 8 heteroatoms. The Hall–Kier alpha value is -3.16. The summed E-state index contributed by atoms with van der Waals surface area (Å²) < 4.78 is 20.1. The molecule has 6 nitrogen and oxygen atoms in total. The van der Waals surface area contributed by atoms with E-state index in [2.05, 4.69) is 22.1 Å². The molecule has 1 fully saturated rings. The Morgan fingerprint density at radius 1 is 1.12 bits per heavy atom. The summed E-state index contributed by atoms with van der Waals surface area (Å²) in [5.74, 6) is -0.472. The topological polar surface area (TPSA) is 50.6 Å². The SMILES string of the molecule is Cc1nn(-c2ccc(F)cc2)c(Cl)c1/C=C/C(=O)N(C)Cc1ccc(N2CCOCC2)cc1. The minimum Gasteiger partial charge on any atom is -0.378 e. The summed E-state index contributed by atoms with van der Waals surface area (Å²) >= 11 is 6.49. The normalized spacial score (nSPS) is 14.1. The van der Waals surface area contributed by atoms with Crippen LogP contribution in [0.1, 0.15) is 16.8 Å². The van der Waals surface area contributed by atoms with E-state index in [1.165, 1.54) is 28.6 Å². The lowest BCUT2D eigenvalue weighted by atomic mass is 10.1. The molecule has 172 valence electrons. The molecule has 0 unspecified atom stereocenters. The highest BCUT2D eigenvalue weighted by molar-refractivity contribution is 6.31. The molecule has 0 bridgehead atoms. The van der Waals surface area contributed by atoms with Gasteiger partial charge in [0, 0.05) is 44.0 Å². The molecule has 0 radical (unpaired) electrons. The average Bonchev–Trinajstić information content (AvgIpc) is 3.12. The summed E-state index contributed by atoms with van der Waals surface area (Å²) in [7, 11) is 1.76. The number of nitrogens with zero attached hydrogens (tertiary/aromatic N) is 4. The van der Waals surface area contributed by atoms with E-state index in [4.69, 9.17) is 16.3 Å². The van der Waals surface area contributed by atoms with Crippen LogP contribution in [0.2, 0.25) is 5.15 Å². The van der Waals surface area contributed by atoms with Crippen molar-refractivity contribution in [1.82, 2.24) is 14.7 Å². The second-order valence-corrected chi connectivity index (χ2v) is 8.33. The van der Waals surface area contributed by atoms with Gasteiger partial charge >= 0.3 is 0 Å². The Bertz CT molecular complexity index is 1140. The van der Waals surface area contributed by atoms with Crippen molar-refractivity contribution >= 4 is 29.3 Å². The molecule has 0 atom stereocenters. The van der Waals surface area contributed by atoms with Crippen molar-refractivity contribution in [3.05, 3.63) is 82.4 Å². The number of carbonyl (C=O) groups excluding carboxylic acids is 1. The molecule has 1 aliphatic heterocycles. The molecule has 1 aliphatic rings. The highest BCUT2D eigenvalue weighted by Crippen LogP contribution is 2.25. The molecule has 2 aromatic carbocycles. The zero-order chi connectivity index (χ0) is 23.4. The molecule has 2 heterocycles. The second kappa shape index (κ2) is 10.2. The number of carbonyl (C=O) groups is 1. The molecule has 1 saturated heterocycles. The minimum atomic E-state index is -0.330. The number of anilines is 1. The minimum absolute atomic E-state index is 0.141. The zero-order valence-corrected chi connectivity index (χ0v) is 19.4. The number of halogens is 2. The van der Waals surface area contributed by atoms with Gasteiger partial charge in [-0.2, -0.15) is 5.10 Å². The number of amides is 1. The van der Waals surface area contributed by atoms with Gasteiger partial charge in [-0.1, -0.05) is 23.7 Å². The number of benzene rings is 2. The number of likely N-dealkylation sites (N-methyl/N-ethyl adjacent to an activating group) is 1. The molecule has 0 aliphatic carbocycles. The fourth-order valence-electron chi connectivity index (χ4n) is 3.72. The lowest BCUT2D eigenvalue weighted by Crippen LogP contribution is -2.36. The van der Waals surface area contributed by atoms with Crippen LogP contribution in [-0.4, -0.2) is 53.9 Å². The lowest BCUT2D eigenvalue weighted by molar-refractivity contribution is -0.125. The van der Waals surface area contributed by atoms with Gasteiger partial charge < -0.3 is 14.5 Å². The van der Waals surface area contributed by atoms with E-state index in [0.29, 0.717) is 28.6 Å². The number of aryl methyl sites for hydroxylation is 1. The van der Waals surface area contributed by atoms with Gasteiger partial charge in [0.1, 0.15) is 11.0 Å². The molecule has 0 N–H and O–H groups in total.